The van der Waals surface area contributed by atoms with E-state index in [0.29, 0.717) is 6.54 Å². The van der Waals surface area contributed by atoms with E-state index in [1.165, 1.54) is 5.46 Å². The van der Waals surface area contributed by atoms with Crippen LogP contribution in [0.2, 0.25) is 6.82 Å². The number of hydrogen-bond acceptors (Lipinski definition) is 3. The van der Waals surface area contributed by atoms with Crippen molar-refractivity contribution in [2.24, 2.45) is 0 Å². The summed E-state index contributed by atoms with van der Waals surface area (Å²) in [6.45, 7) is 6.81. The number of ether oxygens (including phenoxy) is 1. The molecule has 0 spiro atoms. The molecule has 1 amide bonds. The van der Waals surface area contributed by atoms with Crippen molar-refractivity contribution < 1.29 is 14.3 Å². The van der Waals surface area contributed by atoms with Gasteiger partial charge in [0.2, 0.25) is 0 Å². The fourth-order valence-corrected chi connectivity index (χ4v) is 2.86. The predicted molar refractivity (Wildman–Crippen MR) is 106 cm³/mol. The first kappa shape index (κ1) is 19.8. The van der Waals surface area contributed by atoms with E-state index in [4.69, 9.17) is 4.74 Å². The van der Waals surface area contributed by atoms with Crippen LogP contribution >= 0.6 is 0 Å². The molecule has 0 heterocycles. The Hall–Kier alpha value is -2.56. The summed E-state index contributed by atoms with van der Waals surface area (Å²) in [6, 6.07) is 17.5. The lowest BCUT2D eigenvalue weighted by atomic mass is 9.71. The third-order valence-electron chi connectivity index (χ3n) is 4.62. The smallest absolute Gasteiger partial charge is 0.410 e. The van der Waals surface area contributed by atoms with E-state index >= 15 is 0 Å². The van der Waals surface area contributed by atoms with Gasteiger partial charge in [0.25, 0.3) is 0 Å². The van der Waals surface area contributed by atoms with Gasteiger partial charge in [-0.15, -0.1) is 0 Å². The number of rotatable bonds is 8. The Morgan fingerprint density at radius 3 is 2.54 bits per heavy atom. The Balaban J connectivity index is 2.09. The average Bonchev–Trinajstić information content (AvgIpc) is 2.70. The van der Waals surface area contributed by atoms with E-state index in [0.717, 1.165) is 24.7 Å². The minimum absolute atomic E-state index is 0.222. The molecular weight excluding hydrogens is 325 g/mol. The fourth-order valence-electron chi connectivity index (χ4n) is 2.86. The van der Waals surface area contributed by atoms with Crippen LogP contribution < -0.4 is 5.46 Å². The number of likely N-dealkylation sites (N-methyl/N-ethyl adjacent to an activating group) is 1. The average molecular weight is 351 g/mol. The molecule has 0 aliphatic carbocycles. The molecule has 0 bridgehead atoms. The van der Waals surface area contributed by atoms with Crippen LogP contribution in [0, 0.1) is 0 Å². The van der Waals surface area contributed by atoms with Crippen molar-refractivity contribution in [3.8, 4) is 0 Å². The summed E-state index contributed by atoms with van der Waals surface area (Å²) in [4.78, 5) is 26.0. The van der Waals surface area contributed by atoms with Gasteiger partial charge in [-0.2, -0.15) is 0 Å². The van der Waals surface area contributed by atoms with Gasteiger partial charge in [-0.3, -0.25) is 0 Å². The summed E-state index contributed by atoms with van der Waals surface area (Å²) < 4.78 is 5.42. The molecule has 136 valence electrons. The molecule has 0 fully saturated rings. The Kier molecular flexibility index (Phi) is 7.02. The van der Waals surface area contributed by atoms with Crippen molar-refractivity contribution in [1.82, 2.24) is 4.90 Å². The fraction of sp³-hybridized carbons (Fsp3) is 0.333. The van der Waals surface area contributed by atoms with Gasteiger partial charge in [-0.25, -0.2) is 4.79 Å². The standard InChI is InChI=1S/C21H26BNO3/c1-4-23(20(25)26-14-17-9-6-5-7-10-17)15-21(2,16-24)18-11-8-12-19(13-18)22-3/h5-13,16,22H,4,14-15H2,1-3H3. The largest absolute Gasteiger partial charge is 0.445 e. The third kappa shape index (κ3) is 4.98. The van der Waals surface area contributed by atoms with Crippen molar-refractivity contribution in [1.29, 1.82) is 0 Å². The lowest BCUT2D eigenvalue weighted by Crippen LogP contribution is -2.43. The van der Waals surface area contributed by atoms with E-state index in [2.05, 4.69) is 6.82 Å². The van der Waals surface area contributed by atoms with Gasteiger partial charge in [0, 0.05) is 13.1 Å². The van der Waals surface area contributed by atoms with Gasteiger partial charge in [-0.05, 0) is 25.0 Å². The molecule has 1 atom stereocenters. The molecule has 0 aliphatic rings. The van der Waals surface area contributed by atoms with Crippen LogP contribution in [0.1, 0.15) is 25.0 Å². The SMILES string of the molecule is CBc1cccc(C(C)(C=O)CN(CC)C(=O)OCc2ccccc2)c1. The number of hydrogen-bond donors (Lipinski definition) is 0. The zero-order valence-electron chi connectivity index (χ0n) is 15.8. The first-order chi connectivity index (χ1) is 12.5. The van der Waals surface area contributed by atoms with Gasteiger partial charge < -0.3 is 14.4 Å². The molecule has 0 aliphatic heterocycles. The Morgan fingerprint density at radius 1 is 1.19 bits per heavy atom. The number of aldehydes is 1. The van der Waals surface area contributed by atoms with Crippen LogP contribution in [-0.2, 0) is 21.6 Å². The maximum Gasteiger partial charge on any atom is 0.410 e. The molecule has 4 nitrogen and oxygen atoms in total. The van der Waals surface area contributed by atoms with Gasteiger partial charge in [0.05, 0.1) is 5.41 Å². The quantitative estimate of drug-likeness (QED) is 0.543. The van der Waals surface area contributed by atoms with Crippen molar-refractivity contribution >= 4 is 25.1 Å². The first-order valence-corrected chi connectivity index (χ1v) is 9.03. The van der Waals surface area contributed by atoms with Gasteiger partial charge in [0.1, 0.15) is 12.9 Å². The maximum absolute atomic E-state index is 12.5. The molecular formula is C21H26BNO3. The minimum atomic E-state index is -0.771. The molecule has 0 N–H and O–H groups in total. The first-order valence-electron chi connectivity index (χ1n) is 9.03. The highest BCUT2D eigenvalue weighted by molar-refractivity contribution is 6.51. The van der Waals surface area contributed by atoms with Crippen LogP contribution in [0.4, 0.5) is 4.79 Å². The van der Waals surface area contributed by atoms with Gasteiger partial charge in [-0.1, -0.05) is 66.9 Å². The van der Waals surface area contributed by atoms with Crippen LogP contribution in [0.5, 0.6) is 0 Å². The molecule has 5 heteroatoms. The highest BCUT2D eigenvalue weighted by Crippen LogP contribution is 2.22. The second-order valence-corrected chi connectivity index (χ2v) is 6.64. The van der Waals surface area contributed by atoms with Crippen LogP contribution in [0.15, 0.2) is 54.6 Å². The molecule has 0 saturated carbocycles. The highest BCUT2D eigenvalue weighted by Gasteiger charge is 2.31. The number of carbonyl (C=O) groups is 2. The summed E-state index contributed by atoms with van der Waals surface area (Å²) in [7, 11) is 0.902. The van der Waals surface area contributed by atoms with E-state index in [-0.39, 0.29) is 13.2 Å². The van der Waals surface area contributed by atoms with Gasteiger partial charge >= 0.3 is 6.09 Å². The van der Waals surface area contributed by atoms with Gasteiger partial charge in [0.15, 0.2) is 7.28 Å². The van der Waals surface area contributed by atoms with Crippen molar-refractivity contribution in [2.45, 2.75) is 32.7 Å². The monoisotopic (exact) mass is 351 g/mol. The summed E-state index contributed by atoms with van der Waals surface area (Å²) in [6.07, 6.45) is 0.519. The number of nitrogens with zero attached hydrogens (tertiary/aromatic N) is 1. The third-order valence-corrected chi connectivity index (χ3v) is 4.62. The topological polar surface area (TPSA) is 46.6 Å². The number of amides is 1. The van der Waals surface area contributed by atoms with Crippen LogP contribution in [-0.4, -0.2) is 37.6 Å². The second kappa shape index (κ2) is 9.23. The zero-order chi connectivity index (χ0) is 19.0. The summed E-state index contributed by atoms with van der Waals surface area (Å²) >= 11 is 0. The summed E-state index contributed by atoms with van der Waals surface area (Å²) in [5, 5.41) is 0. The molecule has 0 aromatic heterocycles. The van der Waals surface area contributed by atoms with E-state index in [9.17, 15) is 9.59 Å². The molecule has 0 radical (unpaired) electrons. The molecule has 1 unspecified atom stereocenters. The minimum Gasteiger partial charge on any atom is -0.445 e. The highest BCUT2D eigenvalue weighted by atomic mass is 16.6. The zero-order valence-corrected chi connectivity index (χ0v) is 15.8. The maximum atomic E-state index is 12.5. The summed E-state index contributed by atoms with van der Waals surface area (Å²) in [5.41, 5.74) is 2.25. The van der Waals surface area contributed by atoms with Crippen molar-refractivity contribution in [3.63, 3.8) is 0 Å². The van der Waals surface area contributed by atoms with E-state index < -0.39 is 11.5 Å². The number of benzene rings is 2. The molecule has 2 rings (SSSR count). The summed E-state index contributed by atoms with van der Waals surface area (Å²) in [5.74, 6) is 0. The van der Waals surface area contributed by atoms with Crippen molar-refractivity contribution in [2.75, 3.05) is 13.1 Å². The van der Waals surface area contributed by atoms with Crippen LogP contribution in [0.25, 0.3) is 0 Å². The lowest BCUT2D eigenvalue weighted by molar-refractivity contribution is -0.112. The Labute approximate surface area is 156 Å². The lowest BCUT2D eigenvalue weighted by Gasteiger charge is -2.31. The van der Waals surface area contributed by atoms with Crippen molar-refractivity contribution in [3.05, 3.63) is 65.7 Å². The second-order valence-electron chi connectivity index (χ2n) is 6.64. The molecule has 2 aromatic carbocycles. The van der Waals surface area contributed by atoms with E-state index in [1.54, 1.807) is 4.90 Å². The number of carbonyl (C=O) groups excluding carboxylic acids is 2. The predicted octanol–water partition coefficient (Wildman–Crippen LogP) is 2.91. The normalized spacial score (nSPS) is 12.7. The molecule has 2 aromatic rings. The Morgan fingerprint density at radius 2 is 1.92 bits per heavy atom. The molecule has 0 saturated heterocycles. The molecule has 26 heavy (non-hydrogen) atoms. The Bertz CT molecular complexity index is 735. The van der Waals surface area contributed by atoms with E-state index in [1.807, 2.05) is 68.4 Å². The van der Waals surface area contributed by atoms with Crippen LogP contribution in [0.3, 0.4) is 0 Å².